The van der Waals surface area contributed by atoms with E-state index < -0.39 is 0 Å². The number of piperidine rings is 1. The second-order valence-electron chi connectivity index (χ2n) is 5.73. The normalized spacial score (nSPS) is 28.2. The summed E-state index contributed by atoms with van der Waals surface area (Å²) in [5.41, 5.74) is 1.23. The van der Waals surface area contributed by atoms with Crippen molar-refractivity contribution in [3.8, 4) is 0 Å². The van der Waals surface area contributed by atoms with Crippen molar-refractivity contribution in [3.63, 3.8) is 0 Å². The molecule has 1 unspecified atom stereocenters. The number of aromatic nitrogens is 2. The van der Waals surface area contributed by atoms with Gasteiger partial charge in [0, 0.05) is 24.4 Å². The molecule has 0 bridgehead atoms. The molecule has 4 heteroatoms. The molecule has 0 radical (unpaired) electrons. The molecule has 1 saturated carbocycles. The minimum atomic E-state index is -0.0289. The van der Waals surface area contributed by atoms with E-state index in [1.54, 1.807) is 0 Å². The third kappa shape index (κ3) is 2.00. The molecule has 0 amide bonds. The standard InChI is InChI=1S/C13H21N3O/c1-16-6-2-3-10(8-16)11-7-14-12(15-11)13(9-17)4-5-13/h7,10,17H,2-6,8-9H2,1H3,(H,14,15). The van der Waals surface area contributed by atoms with Crippen LogP contribution in [0.2, 0.25) is 0 Å². The number of rotatable bonds is 3. The molecule has 0 spiro atoms. The third-order valence-corrected chi connectivity index (χ3v) is 4.32. The average Bonchev–Trinajstić information content (AvgIpc) is 2.99. The molecule has 2 fully saturated rings. The Bertz CT molecular complexity index is 397. The fourth-order valence-electron chi connectivity index (χ4n) is 2.85. The first-order valence-electron chi connectivity index (χ1n) is 6.58. The molecule has 2 heterocycles. The zero-order valence-electron chi connectivity index (χ0n) is 10.4. The molecule has 3 rings (SSSR count). The second-order valence-corrected chi connectivity index (χ2v) is 5.73. The van der Waals surface area contributed by atoms with Crippen LogP contribution in [0.3, 0.4) is 0 Å². The monoisotopic (exact) mass is 235 g/mol. The van der Waals surface area contributed by atoms with Crippen LogP contribution in [-0.2, 0) is 5.41 Å². The Balaban J connectivity index is 1.76. The molecule has 1 atom stereocenters. The molecule has 2 N–H and O–H groups in total. The van der Waals surface area contributed by atoms with E-state index >= 15 is 0 Å². The Morgan fingerprint density at radius 2 is 2.41 bits per heavy atom. The number of hydrogen-bond donors (Lipinski definition) is 2. The highest BCUT2D eigenvalue weighted by molar-refractivity contribution is 5.22. The lowest BCUT2D eigenvalue weighted by atomic mass is 9.96. The fourth-order valence-corrected chi connectivity index (χ4v) is 2.85. The quantitative estimate of drug-likeness (QED) is 0.829. The predicted molar refractivity (Wildman–Crippen MR) is 66.1 cm³/mol. The van der Waals surface area contributed by atoms with Gasteiger partial charge in [-0.05, 0) is 39.3 Å². The Labute approximate surface area is 102 Å². The lowest BCUT2D eigenvalue weighted by Crippen LogP contribution is -2.31. The molecule has 1 aromatic rings. The van der Waals surface area contributed by atoms with E-state index in [1.807, 2.05) is 6.20 Å². The summed E-state index contributed by atoms with van der Waals surface area (Å²) < 4.78 is 0. The predicted octanol–water partition coefficient (Wildman–Crippen LogP) is 1.24. The lowest BCUT2D eigenvalue weighted by Gasteiger charge is -2.28. The van der Waals surface area contributed by atoms with Gasteiger partial charge in [-0.25, -0.2) is 4.98 Å². The van der Waals surface area contributed by atoms with Gasteiger partial charge in [0.05, 0.1) is 12.0 Å². The molecule has 1 saturated heterocycles. The highest BCUT2D eigenvalue weighted by Gasteiger charge is 2.46. The van der Waals surface area contributed by atoms with Gasteiger partial charge in [0.2, 0.25) is 0 Å². The van der Waals surface area contributed by atoms with Crippen molar-refractivity contribution in [1.82, 2.24) is 14.9 Å². The average molecular weight is 235 g/mol. The molecule has 0 aromatic carbocycles. The first-order chi connectivity index (χ1) is 8.23. The topological polar surface area (TPSA) is 52.1 Å². The summed E-state index contributed by atoms with van der Waals surface area (Å²) in [7, 11) is 2.18. The summed E-state index contributed by atoms with van der Waals surface area (Å²) in [5.74, 6) is 1.59. The van der Waals surface area contributed by atoms with Crippen molar-refractivity contribution in [1.29, 1.82) is 0 Å². The summed E-state index contributed by atoms with van der Waals surface area (Å²) in [6.07, 6.45) is 6.63. The van der Waals surface area contributed by atoms with Crippen LogP contribution < -0.4 is 0 Å². The Morgan fingerprint density at radius 3 is 3.06 bits per heavy atom. The number of likely N-dealkylation sites (N-methyl/N-ethyl adjacent to an activating group) is 1. The van der Waals surface area contributed by atoms with Crippen LogP contribution in [0, 0.1) is 0 Å². The van der Waals surface area contributed by atoms with Crippen molar-refractivity contribution in [2.45, 2.75) is 37.0 Å². The maximum atomic E-state index is 9.40. The lowest BCUT2D eigenvalue weighted by molar-refractivity contribution is 0.245. The molecular formula is C13H21N3O. The van der Waals surface area contributed by atoms with Gasteiger partial charge in [-0.2, -0.15) is 0 Å². The van der Waals surface area contributed by atoms with Gasteiger partial charge in [-0.1, -0.05) is 0 Å². The van der Waals surface area contributed by atoms with Crippen LogP contribution in [0.25, 0.3) is 0 Å². The van der Waals surface area contributed by atoms with E-state index in [9.17, 15) is 5.11 Å². The largest absolute Gasteiger partial charge is 0.395 e. The van der Waals surface area contributed by atoms with Gasteiger partial charge in [0.15, 0.2) is 0 Å². The first-order valence-corrected chi connectivity index (χ1v) is 6.58. The van der Waals surface area contributed by atoms with Crippen LogP contribution in [0.5, 0.6) is 0 Å². The number of imidazole rings is 1. The maximum Gasteiger partial charge on any atom is 0.114 e. The molecule has 1 aliphatic heterocycles. The van der Waals surface area contributed by atoms with Gasteiger partial charge < -0.3 is 15.0 Å². The van der Waals surface area contributed by atoms with Gasteiger partial charge in [-0.3, -0.25) is 0 Å². The van der Waals surface area contributed by atoms with Crippen molar-refractivity contribution in [2.75, 3.05) is 26.7 Å². The smallest absolute Gasteiger partial charge is 0.114 e. The number of nitrogens with zero attached hydrogens (tertiary/aromatic N) is 2. The van der Waals surface area contributed by atoms with E-state index in [4.69, 9.17) is 0 Å². The maximum absolute atomic E-state index is 9.40. The zero-order chi connectivity index (χ0) is 11.9. The molecule has 2 aliphatic rings. The Morgan fingerprint density at radius 1 is 1.59 bits per heavy atom. The highest BCUT2D eigenvalue weighted by atomic mass is 16.3. The SMILES string of the molecule is CN1CCCC(c2cnc(C3(CO)CC3)[nH]2)C1. The molecule has 94 valence electrons. The van der Waals surface area contributed by atoms with Crippen LogP contribution in [-0.4, -0.2) is 46.7 Å². The minimum absolute atomic E-state index is 0.0289. The van der Waals surface area contributed by atoms with Gasteiger partial charge >= 0.3 is 0 Å². The van der Waals surface area contributed by atoms with Crippen molar-refractivity contribution in [3.05, 3.63) is 17.7 Å². The number of likely N-dealkylation sites (tertiary alicyclic amines) is 1. The zero-order valence-corrected chi connectivity index (χ0v) is 10.4. The van der Waals surface area contributed by atoms with E-state index in [2.05, 4.69) is 21.9 Å². The molecule has 1 aromatic heterocycles. The molecule has 4 nitrogen and oxygen atoms in total. The van der Waals surface area contributed by atoms with Crippen molar-refractivity contribution < 1.29 is 5.11 Å². The van der Waals surface area contributed by atoms with E-state index in [0.717, 1.165) is 25.2 Å². The summed E-state index contributed by atoms with van der Waals surface area (Å²) >= 11 is 0. The van der Waals surface area contributed by atoms with Gasteiger partial charge in [0.1, 0.15) is 5.82 Å². The van der Waals surface area contributed by atoms with Gasteiger partial charge in [0.25, 0.3) is 0 Å². The van der Waals surface area contributed by atoms with Crippen LogP contribution in [0.15, 0.2) is 6.20 Å². The number of H-pyrrole nitrogens is 1. The fraction of sp³-hybridized carbons (Fsp3) is 0.769. The van der Waals surface area contributed by atoms with Crippen LogP contribution in [0.1, 0.15) is 43.1 Å². The summed E-state index contributed by atoms with van der Waals surface area (Å²) in [6, 6.07) is 0. The molecule has 17 heavy (non-hydrogen) atoms. The number of hydrogen-bond acceptors (Lipinski definition) is 3. The minimum Gasteiger partial charge on any atom is -0.395 e. The highest BCUT2D eigenvalue weighted by Crippen LogP contribution is 2.46. The molecular weight excluding hydrogens is 214 g/mol. The van der Waals surface area contributed by atoms with E-state index in [-0.39, 0.29) is 12.0 Å². The first kappa shape index (κ1) is 11.2. The number of nitrogens with one attached hydrogen (secondary N) is 1. The van der Waals surface area contributed by atoms with E-state index in [0.29, 0.717) is 5.92 Å². The number of aliphatic hydroxyl groups excluding tert-OH is 1. The van der Waals surface area contributed by atoms with E-state index in [1.165, 1.54) is 25.1 Å². The summed E-state index contributed by atoms with van der Waals surface area (Å²) in [4.78, 5) is 10.3. The number of aliphatic hydroxyl groups is 1. The van der Waals surface area contributed by atoms with Crippen LogP contribution in [0.4, 0.5) is 0 Å². The van der Waals surface area contributed by atoms with Crippen molar-refractivity contribution >= 4 is 0 Å². The summed E-state index contributed by atoms with van der Waals surface area (Å²) in [5, 5.41) is 9.40. The number of aromatic amines is 1. The Hall–Kier alpha value is -0.870. The van der Waals surface area contributed by atoms with Gasteiger partial charge in [-0.15, -0.1) is 0 Å². The third-order valence-electron chi connectivity index (χ3n) is 4.32. The van der Waals surface area contributed by atoms with Crippen molar-refractivity contribution in [2.24, 2.45) is 0 Å². The molecule has 1 aliphatic carbocycles. The summed E-state index contributed by atoms with van der Waals surface area (Å²) in [6.45, 7) is 2.55. The Kier molecular flexibility index (Phi) is 2.71. The second kappa shape index (κ2) is 4.10. The van der Waals surface area contributed by atoms with Crippen LogP contribution >= 0.6 is 0 Å².